The summed E-state index contributed by atoms with van der Waals surface area (Å²) in [5.41, 5.74) is 1.74. The van der Waals surface area contributed by atoms with E-state index in [1.54, 1.807) is 0 Å². The molecule has 0 fully saturated rings. The molecule has 0 amide bonds. The van der Waals surface area contributed by atoms with E-state index in [4.69, 9.17) is 4.74 Å². The molecule has 0 aliphatic rings. The van der Waals surface area contributed by atoms with Crippen molar-refractivity contribution in [3.8, 4) is 0 Å². The zero-order valence-corrected chi connectivity index (χ0v) is 10.4. The van der Waals surface area contributed by atoms with Crippen molar-refractivity contribution >= 4 is 11.8 Å². The SMILES string of the molecule is CCCC(OCC)SCc1ccccc1. The van der Waals surface area contributed by atoms with Crippen molar-refractivity contribution in [2.75, 3.05) is 6.61 Å². The second kappa shape index (κ2) is 7.77. The Morgan fingerprint density at radius 2 is 1.93 bits per heavy atom. The number of hydrogen-bond donors (Lipinski definition) is 0. The van der Waals surface area contributed by atoms with E-state index in [0.717, 1.165) is 18.8 Å². The van der Waals surface area contributed by atoms with Gasteiger partial charge in [0.2, 0.25) is 0 Å². The highest BCUT2D eigenvalue weighted by molar-refractivity contribution is 7.99. The minimum atomic E-state index is 0.361. The third-order valence-corrected chi connectivity index (χ3v) is 3.40. The molecule has 1 aromatic rings. The van der Waals surface area contributed by atoms with Crippen LogP contribution in [0.15, 0.2) is 30.3 Å². The van der Waals surface area contributed by atoms with Gasteiger partial charge in [-0.05, 0) is 18.9 Å². The quantitative estimate of drug-likeness (QED) is 0.645. The molecule has 0 saturated heterocycles. The summed E-state index contributed by atoms with van der Waals surface area (Å²) in [5, 5.41) is 0. The fourth-order valence-electron chi connectivity index (χ4n) is 1.40. The molecule has 0 radical (unpaired) electrons. The van der Waals surface area contributed by atoms with Crippen LogP contribution >= 0.6 is 11.8 Å². The minimum absolute atomic E-state index is 0.361. The lowest BCUT2D eigenvalue weighted by molar-refractivity contribution is 0.118. The third kappa shape index (κ3) is 5.24. The number of hydrogen-bond acceptors (Lipinski definition) is 2. The minimum Gasteiger partial charge on any atom is -0.368 e. The Hall–Kier alpha value is -0.470. The fourth-order valence-corrected chi connectivity index (χ4v) is 2.61. The van der Waals surface area contributed by atoms with Gasteiger partial charge in [-0.1, -0.05) is 43.7 Å². The number of rotatable bonds is 7. The Balaban J connectivity index is 2.33. The predicted octanol–water partition coefficient (Wildman–Crippen LogP) is 4.08. The van der Waals surface area contributed by atoms with Crippen LogP contribution in [-0.2, 0) is 10.5 Å². The molecular weight excluding hydrogens is 204 g/mol. The van der Waals surface area contributed by atoms with Crippen LogP contribution in [0.1, 0.15) is 32.3 Å². The van der Waals surface area contributed by atoms with Crippen LogP contribution in [0.4, 0.5) is 0 Å². The molecule has 0 bridgehead atoms. The van der Waals surface area contributed by atoms with Gasteiger partial charge in [-0.25, -0.2) is 0 Å². The van der Waals surface area contributed by atoms with Gasteiger partial charge in [0.05, 0.1) is 0 Å². The Morgan fingerprint density at radius 1 is 1.20 bits per heavy atom. The Kier molecular flexibility index (Phi) is 6.53. The topological polar surface area (TPSA) is 9.23 Å². The van der Waals surface area contributed by atoms with E-state index in [2.05, 4.69) is 44.2 Å². The van der Waals surface area contributed by atoms with E-state index in [1.807, 2.05) is 11.8 Å². The number of benzene rings is 1. The molecule has 0 spiro atoms. The summed E-state index contributed by atoms with van der Waals surface area (Å²) in [6, 6.07) is 10.6. The molecular formula is C13H20OS. The molecule has 84 valence electrons. The third-order valence-electron chi connectivity index (χ3n) is 2.16. The van der Waals surface area contributed by atoms with Gasteiger partial charge in [0.1, 0.15) is 5.44 Å². The molecule has 1 rings (SSSR count). The first-order chi connectivity index (χ1) is 7.36. The highest BCUT2D eigenvalue weighted by atomic mass is 32.2. The zero-order valence-electron chi connectivity index (χ0n) is 9.61. The number of thioether (sulfide) groups is 1. The molecule has 1 nitrogen and oxygen atoms in total. The average molecular weight is 224 g/mol. The highest BCUT2D eigenvalue weighted by Gasteiger charge is 2.07. The lowest BCUT2D eigenvalue weighted by Crippen LogP contribution is -2.08. The van der Waals surface area contributed by atoms with E-state index in [0.29, 0.717) is 5.44 Å². The predicted molar refractivity (Wildman–Crippen MR) is 68.1 cm³/mol. The molecule has 0 aromatic heterocycles. The zero-order chi connectivity index (χ0) is 10.9. The van der Waals surface area contributed by atoms with Gasteiger partial charge in [-0.3, -0.25) is 0 Å². The van der Waals surface area contributed by atoms with Crippen LogP contribution in [-0.4, -0.2) is 12.0 Å². The molecule has 1 atom stereocenters. The Bertz CT molecular complexity index is 242. The van der Waals surface area contributed by atoms with E-state index in [9.17, 15) is 0 Å². The molecule has 0 saturated carbocycles. The molecule has 1 unspecified atom stereocenters. The van der Waals surface area contributed by atoms with Crippen molar-refractivity contribution in [1.82, 2.24) is 0 Å². The van der Waals surface area contributed by atoms with E-state index in [-0.39, 0.29) is 0 Å². The summed E-state index contributed by atoms with van der Waals surface area (Å²) < 4.78 is 5.67. The maximum atomic E-state index is 5.67. The summed E-state index contributed by atoms with van der Waals surface area (Å²) in [6.45, 7) is 5.08. The van der Waals surface area contributed by atoms with Crippen molar-refractivity contribution in [2.45, 2.75) is 37.9 Å². The number of ether oxygens (including phenoxy) is 1. The Labute approximate surface area is 97.2 Å². The summed E-state index contributed by atoms with van der Waals surface area (Å²) in [5.74, 6) is 1.05. The van der Waals surface area contributed by atoms with Gasteiger partial charge >= 0.3 is 0 Å². The van der Waals surface area contributed by atoms with E-state index in [1.165, 1.54) is 12.0 Å². The second-order valence-corrected chi connectivity index (χ2v) is 4.62. The highest BCUT2D eigenvalue weighted by Crippen LogP contribution is 2.22. The molecule has 0 heterocycles. The maximum Gasteiger partial charge on any atom is 0.103 e. The lowest BCUT2D eigenvalue weighted by atomic mass is 10.2. The molecule has 0 aliphatic carbocycles. The van der Waals surface area contributed by atoms with Gasteiger partial charge in [-0.15, -0.1) is 11.8 Å². The Morgan fingerprint density at radius 3 is 2.53 bits per heavy atom. The summed E-state index contributed by atoms with van der Waals surface area (Å²) in [7, 11) is 0. The molecule has 15 heavy (non-hydrogen) atoms. The van der Waals surface area contributed by atoms with Crippen molar-refractivity contribution in [3.05, 3.63) is 35.9 Å². The normalized spacial score (nSPS) is 12.7. The smallest absolute Gasteiger partial charge is 0.103 e. The standard InChI is InChI=1S/C13H20OS/c1-3-8-13(14-4-2)15-11-12-9-6-5-7-10-12/h5-7,9-10,13H,3-4,8,11H2,1-2H3. The monoisotopic (exact) mass is 224 g/mol. The summed E-state index contributed by atoms with van der Waals surface area (Å²) in [6.07, 6.45) is 2.33. The van der Waals surface area contributed by atoms with Crippen LogP contribution < -0.4 is 0 Å². The first-order valence-corrected chi connectivity index (χ1v) is 6.68. The van der Waals surface area contributed by atoms with Gasteiger partial charge in [-0.2, -0.15) is 0 Å². The first kappa shape index (κ1) is 12.6. The molecule has 2 heteroatoms. The van der Waals surface area contributed by atoms with Crippen molar-refractivity contribution in [2.24, 2.45) is 0 Å². The van der Waals surface area contributed by atoms with Crippen molar-refractivity contribution in [1.29, 1.82) is 0 Å². The molecule has 0 N–H and O–H groups in total. The maximum absolute atomic E-state index is 5.67. The summed E-state index contributed by atoms with van der Waals surface area (Å²) >= 11 is 1.90. The van der Waals surface area contributed by atoms with Crippen LogP contribution in [0.2, 0.25) is 0 Å². The molecule has 0 aliphatic heterocycles. The van der Waals surface area contributed by atoms with E-state index < -0.39 is 0 Å². The van der Waals surface area contributed by atoms with Gasteiger partial charge < -0.3 is 4.74 Å². The van der Waals surface area contributed by atoms with Gasteiger partial charge in [0, 0.05) is 12.4 Å². The van der Waals surface area contributed by atoms with Crippen LogP contribution in [0.25, 0.3) is 0 Å². The molecule has 1 aromatic carbocycles. The van der Waals surface area contributed by atoms with Gasteiger partial charge in [0.15, 0.2) is 0 Å². The first-order valence-electron chi connectivity index (χ1n) is 5.64. The van der Waals surface area contributed by atoms with E-state index >= 15 is 0 Å². The summed E-state index contributed by atoms with van der Waals surface area (Å²) in [4.78, 5) is 0. The largest absolute Gasteiger partial charge is 0.368 e. The van der Waals surface area contributed by atoms with Gasteiger partial charge in [0.25, 0.3) is 0 Å². The fraction of sp³-hybridized carbons (Fsp3) is 0.538. The van der Waals surface area contributed by atoms with Crippen LogP contribution in [0, 0.1) is 0 Å². The second-order valence-electron chi connectivity index (χ2n) is 3.47. The average Bonchev–Trinajstić information content (AvgIpc) is 2.28. The van der Waals surface area contributed by atoms with Crippen molar-refractivity contribution < 1.29 is 4.74 Å². The lowest BCUT2D eigenvalue weighted by Gasteiger charge is -2.15. The van der Waals surface area contributed by atoms with Crippen LogP contribution in [0.3, 0.4) is 0 Å². The van der Waals surface area contributed by atoms with Crippen molar-refractivity contribution in [3.63, 3.8) is 0 Å². The van der Waals surface area contributed by atoms with Crippen LogP contribution in [0.5, 0.6) is 0 Å².